The van der Waals surface area contributed by atoms with Crippen LogP contribution in [0.2, 0.25) is 0 Å². The van der Waals surface area contributed by atoms with Crippen LogP contribution in [0.25, 0.3) is 10.9 Å². The summed E-state index contributed by atoms with van der Waals surface area (Å²) in [6.07, 6.45) is 3.35. The number of hydrogen-bond acceptors (Lipinski definition) is 3. The largest absolute Gasteiger partial charge is 0.477 e. The van der Waals surface area contributed by atoms with Crippen LogP contribution in [0.15, 0.2) is 18.3 Å². The van der Waals surface area contributed by atoms with E-state index in [1.165, 1.54) is 12.3 Å². The highest BCUT2D eigenvalue weighted by Crippen LogP contribution is 2.21. The quantitative estimate of drug-likeness (QED) is 0.789. The molecule has 0 aliphatic rings. The molecular formula is C17H23N3O3. The molecule has 0 saturated carbocycles. The number of carboxylic acids is 1. The van der Waals surface area contributed by atoms with Crippen molar-refractivity contribution in [2.24, 2.45) is 5.41 Å². The molecule has 0 saturated heterocycles. The molecule has 0 spiro atoms. The van der Waals surface area contributed by atoms with Crippen LogP contribution in [0.3, 0.4) is 0 Å². The molecule has 2 rings (SSSR count). The van der Waals surface area contributed by atoms with Crippen LogP contribution in [0.4, 0.5) is 0 Å². The zero-order valence-electron chi connectivity index (χ0n) is 13.9. The van der Waals surface area contributed by atoms with Crippen LogP contribution < -0.4 is 5.32 Å². The molecule has 0 fully saturated rings. The zero-order chi connectivity index (χ0) is 17.2. The first-order valence-corrected chi connectivity index (χ1v) is 7.68. The third-order valence-corrected chi connectivity index (χ3v) is 3.67. The van der Waals surface area contributed by atoms with Crippen LogP contribution >= 0.6 is 0 Å². The number of carbonyl (C=O) groups excluding carboxylic acids is 1. The van der Waals surface area contributed by atoms with Gasteiger partial charge in [-0.15, -0.1) is 0 Å². The fourth-order valence-corrected chi connectivity index (χ4v) is 2.29. The van der Waals surface area contributed by atoms with Gasteiger partial charge in [0.1, 0.15) is 11.4 Å². The number of aromatic amines is 1. The molecule has 0 aliphatic heterocycles. The third kappa shape index (κ3) is 4.55. The first kappa shape index (κ1) is 17.0. The summed E-state index contributed by atoms with van der Waals surface area (Å²) in [5.41, 5.74) is 1.25. The lowest BCUT2D eigenvalue weighted by Crippen LogP contribution is -2.33. The Morgan fingerprint density at radius 1 is 1.35 bits per heavy atom. The Morgan fingerprint density at radius 3 is 2.65 bits per heavy atom. The molecule has 6 nitrogen and oxygen atoms in total. The van der Waals surface area contributed by atoms with E-state index >= 15 is 0 Å². The van der Waals surface area contributed by atoms with Gasteiger partial charge < -0.3 is 15.4 Å². The van der Waals surface area contributed by atoms with Gasteiger partial charge in [-0.1, -0.05) is 20.8 Å². The highest BCUT2D eigenvalue weighted by atomic mass is 16.4. The molecule has 2 aromatic heterocycles. The van der Waals surface area contributed by atoms with E-state index in [2.05, 4.69) is 36.1 Å². The number of aromatic nitrogens is 2. The molecule has 0 aliphatic carbocycles. The molecule has 2 aromatic rings. The van der Waals surface area contributed by atoms with E-state index in [-0.39, 0.29) is 23.1 Å². The molecule has 0 aromatic carbocycles. The van der Waals surface area contributed by atoms with Crippen LogP contribution in [0.1, 0.15) is 61.5 Å². The van der Waals surface area contributed by atoms with Crippen molar-refractivity contribution in [1.82, 2.24) is 15.3 Å². The second-order valence-corrected chi connectivity index (χ2v) is 7.12. The summed E-state index contributed by atoms with van der Waals surface area (Å²) < 4.78 is 0. The number of amides is 1. The number of carboxylic acid groups (broad SMARTS) is 1. The Balaban J connectivity index is 2.07. The maximum Gasteiger partial charge on any atom is 0.354 e. The number of nitrogens with one attached hydrogen (secondary N) is 2. The van der Waals surface area contributed by atoms with Gasteiger partial charge in [0.15, 0.2) is 0 Å². The zero-order valence-corrected chi connectivity index (χ0v) is 13.9. The van der Waals surface area contributed by atoms with Crippen LogP contribution in [-0.2, 0) is 0 Å². The second kappa shape index (κ2) is 6.40. The predicted molar refractivity (Wildman–Crippen MR) is 88.7 cm³/mol. The molecule has 3 N–H and O–H groups in total. The monoisotopic (exact) mass is 317 g/mol. The van der Waals surface area contributed by atoms with Crippen LogP contribution in [-0.4, -0.2) is 33.0 Å². The minimum absolute atomic E-state index is 0.0398. The van der Waals surface area contributed by atoms with Crippen molar-refractivity contribution in [2.75, 3.05) is 0 Å². The minimum Gasteiger partial charge on any atom is -0.477 e. The summed E-state index contributed by atoms with van der Waals surface area (Å²) in [7, 11) is 0. The molecule has 23 heavy (non-hydrogen) atoms. The van der Waals surface area contributed by atoms with Crippen LogP contribution in [0, 0.1) is 5.41 Å². The van der Waals surface area contributed by atoms with E-state index in [0.717, 1.165) is 12.8 Å². The molecule has 1 amide bonds. The molecule has 6 heteroatoms. The Kier molecular flexibility index (Phi) is 4.73. The summed E-state index contributed by atoms with van der Waals surface area (Å²) in [5, 5.41) is 12.6. The summed E-state index contributed by atoms with van der Waals surface area (Å²) in [5.74, 6) is -1.28. The number of aromatic carboxylic acids is 1. The molecule has 1 unspecified atom stereocenters. The Morgan fingerprint density at radius 2 is 2.04 bits per heavy atom. The van der Waals surface area contributed by atoms with Gasteiger partial charge in [0.05, 0.1) is 11.7 Å². The lowest BCUT2D eigenvalue weighted by Gasteiger charge is -2.21. The SMILES string of the molecule is CC(CCC(C)(C)C)NC(=O)c1cc2cc(C(=O)O)ncc2[nH]1. The maximum atomic E-state index is 12.3. The Bertz CT molecular complexity index is 728. The van der Waals surface area contributed by atoms with Gasteiger partial charge in [0.2, 0.25) is 0 Å². The first-order valence-electron chi connectivity index (χ1n) is 7.68. The van der Waals surface area contributed by atoms with Crippen molar-refractivity contribution in [3.8, 4) is 0 Å². The van der Waals surface area contributed by atoms with Crippen molar-refractivity contribution >= 4 is 22.8 Å². The topological polar surface area (TPSA) is 95.1 Å². The molecule has 0 bridgehead atoms. The fourth-order valence-electron chi connectivity index (χ4n) is 2.29. The van der Waals surface area contributed by atoms with E-state index in [1.54, 1.807) is 6.07 Å². The lowest BCUT2D eigenvalue weighted by atomic mass is 9.89. The van der Waals surface area contributed by atoms with Crippen LogP contribution in [0.5, 0.6) is 0 Å². The summed E-state index contributed by atoms with van der Waals surface area (Å²) in [4.78, 5) is 30.0. The van der Waals surface area contributed by atoms with Crippen molar-refractivity contribution in [3.63, 3.8) is 0 Å². The Labute approximate surface area is 135 Å². The lowest BCUT2D eigenvalue weighted by molar-refractivity contribution is 0.0690. The van der Waals surface area contributed by atoms with Gasteiger partial charge in [0.25, 0.3) is 5.91 Å². The van der Waals surface area contributed by atoms with Gasteiger partial charge in [-0.05, 0) is 37.3 Å². The van der Waals surface area contributed by atoms with E-state index < -0.39 is 5.97 Å². The maximum absolute atomic E-state index is 12.3. The van der Waals surface area contributed by atoms with Crippen molar-refractivity contribution in [3.05, 3.63) is 29.7 Å². The number of fused-ring (bicyclic) bond motifs is 1. The minimum atomic E-state index is -1.09. The molecule has 124 valence electrons. The van der Waals surface area contributed by atoms with Crippen molar-refractivity contribution in [2.45, 2.75) is 46.6 Å². The van der Waals surface area contributed by atoms with Gasteiger partial charge in [0, 0.05) is 11.4 Å². The third-order valence-electron chi connectivity index (χ3n) is 3.67. The predicted octanol–water partition coefficient (Wildman–Crippen LogP) is 3.21. The van der Waals surface area contributed by atoms with E-state index in [4.69, 9.17) is 5.11 Å². The number of nitrogens with zero attached hydrogens (tertiary/aromatic N) is 1. The molecule has 1 atom stereocenters. The number of rotatable bonds is 5. The fraction of sp³-hybridized carbons (Fsp3) is 0.471. The summed E-state index contributed by atoms with van der Waals surface area (Å²) >= 11 is 0. The number of hydrogen-bond donors (Lipinski definition) is 3. The number of pyridine rings is 1. The second-order valence-electron chi connectivity index (χ2n) is 7.12. The first-order chi connectivity index (χ1) is 10.7. The van der Waals surface area contributed by atoms with Gasteiger partial charge in [-0.25, -0.2) is 9.78 Å². The van der Waals surface area contributed by atoms with Crippen molar-refractivity contribution in [1.29, 1.82) is 0 Å². The molecule has 0 radical (unpaired) electrons. The standard InChI is InChI=1S/C17H23N3O3/c1-10(5-6-17(2,3)4)19-15(21)12-7-11-8-13(16(22)23)18-9-14(11)20-12/h7-10,20H,5-6H2,1-4H3,(H,19,21)(H,22,23). The van der Waals surface area contributed by atoms with E-state index in [0.29, 0.717) is 16.6 Å². The van der Waals surface area contributed by atoms with Gasteiger partial charge in [-0.3, -0.25) is 4.79 Å². The number of carbonyl (C=O) groups is 2. The number of H-pyrrole nitrogens is 1. The summed E-state index contributed by atoms with van der Waals surface area (Å²) in [6, 6.07) is 3.17. The molecular weight excluding hydrogens is 294 g/mol. The Hall–Kier alpha value is -2.37. The van der Waals surface area contributed by atoms with Gasteiger partial charge >= 0.3 is 5.97 Å². The highest BCUT2D eigenvalue weighted by Gasteiger charge is 2.16. The average Bonchev–Trinajstić information content (AvgIpc) is 2.87. The summed E-state index contributed by atoms with van der Waals surface area (Å²) in [6.45, 7) is 8.50. The van der Waals surface area contributed by atoms with Gasteiger partial charge in [-0.2, -0.15) is 0 Å². The highest BCUT2D eigenvalue weighted by molar-refractivity contribution is 5.99. The molecule has 2 heterocycles. The smallest absolute Gasteiger partial charge is 0.354 e. The van der Waals surface area contributed by atoms with E-state index in [1.807, 2.05) is 6.92 Å². The van der Waals surface area contributed by atoms with Crippen molar-refractivity contribution < 1.29 is 14.7 Å². The van der Waals surface area contributed by atoms with E-state index in [9.17, 15) is 9.59 Å². The normalized spacial score (nSPS) is 13.0. The average molecular weight is 317 g/mol.